The molecule has 1 atom stereocenters. The van der Waals surface area contributed by atoms with Gasteiger partial charge in [0.2, 0.25) is 0 Å². The van der Waals surface area contributed by atoms with E-state index in [4.69, 9.17) is 4.98 Å². The van der Waals surface area contributed by atoms with Crippen molar-refractivity contribution in [3.8, 4) is 0 Å². The van der Waals surface area contributed by atoms with Crippen LogP contribution in [-0.2, 0) is 19.4 Å². The lowest BCUT2D eigenvalue weighted by molar-refractivity contribution is 0.221. The van der Waals surface area contributed by atoms with E-state index in [0.717, 1.165) is 41.3 Å². The van der Waals surface area contributed by atoms with Crippen molar-refractivity contribution >= 4 is 21.6 Å². The van der Waals surface area contributed by atoms with Crippen LogP contribution in [0, 0.1) is 5.92 Å². The van der Waals surface area contributed by atoms with Gasteiger partial charge in [0.25, 0.3) is 5.56 Å². The number of nitrogens with one attached hydrogen (secondary N) is 1. The molecule has 4 nitrogen and oxygen atoms in total. The number of aromatic nitrogens is 2. The van der Waals surface area contributed by atoms with Crippen molar-refractivity contribution in [3.63, 3.8) is 0 Å². The molecule has 0 aliphatic heterocycles. The first-order chi connectivity index (χ1) is 10.1. The second-order valence-electron chi connectivity index (χ2n) is 6.54. The van der Waals surface area contributed by atoms with E-state index in [2.05, 4.69) is 23.9 Å². The van der Waals surface area contributed by atoms with Gasteiger partial charge >= 0.3 is 0 Å². The molecule has 0 unspecified atom stereocenters. The van der Waals surface area contributed by atoms with E-state index < -0.39 is 0 Å². The molecule has 0 spiro atoms. The summed E-state index contributed by atoms with van der Waals surface area (Å²) in [5.74, 6) is 1.64. The molecule has 2 aromatic heterocycles. The highest BCUT2D eigenvalue weighted by molar-refractivity contribution is 7.18. The monoisotopic (exact) mass is 303 g/mol. The first-order valence-corrected chi connectivity index (χ1v) is 8.69. The average molecular weight is 303 g/mol. The molecule has 0 amide bonds. The Hall–Kier alpha value is -1.20. The summed E-state index contributed by atoms with van der Waals surface area (Å²) >= 11 is 1.72. The summed E-state index contributed by atoms with van der Waals surface area (Å²) in [5.41, 5.74) is 1.32. The lowest BCUT2D eigenvalue weighted by Crippen LogP contribution is -2.31. The van der Waals surface area contributed by atoms with E-state index in [-0.39, 0.29) is 5.56 Å². The summed E-state index contributed by atoms with van der Waals surface area (Å²) in [6, 6.07) is 0.569. The number of thiophene rings is 1. The highest BCUT2D eigenvalue weighted by atomic mass is 32.1. The molecule has 2 aromatic rings. The Bertz CT molecular complexity index is 744. The van der Waals surface area contributed by atoms with Crippen LogP contribution < -0.4 is 5.56 Å². The van der Waals surface area contributed by atoms with E-state index in [0.29, 0.717) is 6.04 Å². The van der Waals surface area contributed by atoms with Gasteiger partial charge in [-0.2, -0.15) is 0 Å². The van der Waals surface area contributed by atoms with Crippen molar-refractivity contribution in [1.82, 2.24) is 14.9 Å². The third-order valence-electron chi connectivity index (χ3n) is 5.02. The Morgan fingerprint density at radius 2 is 2.24 bits per heavy atom. The Balaban J connectivity index is 1.66. The highest BCUT2D eigenvalue weighted by Crippen LogP contribution is 2.36. The number of H-pyrrole nitrogens is 1. The molecule has 112 valence electrons. The van der Waals surface area contributed by atoms with Crippen LogP contribution in [0.25, 0.3) is 10.2 Å². The minimum Gasteiger partial charge on any atom is -0.309 e. The molecule has 0 aromatic carbocycles. The number of hydrogen-bond donors (Lipinski definition) is 1. The van der Waals surface area contributed by atoms with Gasteiger partial charge in [-0.15, -0.1) is 11.3 Å². The minimum atomic E-state index is 0.0573. The fourth-order valence-electron chi connectivity index (χ4n) is 3.44. The smallest absolute Gasteiger partial charge is 0.259 e. The first-order valence-electron chi connectivity index (χ1n) is 7.87. The average Bonchev–Trinajstić information content (AvgIpc) is 3.09. The van der Waals surface area contributed by atoms with Crippen LogP contribution in [0.2, 0.25) is 0 Å². The van der Waals surface area contributed by atoms with Gasteiger partial charge in [0.05, 0.1) is 11.9 Å². The number of aromatic amines is 1. The Morgan fingerprint density at radius 3 is 3.00 bits per heavy atom. The van der Waals surface area contributed by atoms with Crippen molar-refractivity contribution < 1.29 is 0 Å². The van der Waals surface area contributed by atoms with Crippen molar-refractivity contribution in [2.75, 3.05) is 7.05 Å². The molecule has 1 N–H and O–H groups in total. The van der Waals surface area contributed by atoms with E-state index in [1.54, 1.807) is 11.3 Å². The number of nitrogens with zero attached hydrogens (tertiary/aromatic N) is 2. The first kappa shape index (κ1) is 13.5. The van der Waals surface area contributed by atoms with Crippen molar-refractivity contribution in [3.05, 3.63) is 26.6 Å². The number of rotatable bonds is 4. The summed E-state index contributed by atoms with van der Waals surface area (Å²) in [7, 11) is 2.13. The van der Waals surface area contributed by atoms with Crippen LogP contribution in [0.3, 0.4) is 0 Å². The molecular weight excluding hydrogens is 282 g/mol. The normalized spacial score (nSPS) is 19.4. The molecule has 1 saturated carbocycles. The van der Waals surface area contributed by atoms with Crippen molar-refractivity contribution in [2.45, 2.75) is 51.6 Å². The molecule has 4 rings (SSSR count). The molecule has 0 radical (unpaired) electrons. The van der Waals surface area contributed by atoms with Crippen molar-refractivity contribution in [2.24, 2.45) is 5.92 Å². The summed E-state index contributed by atoms with van der Waals surface area (Å²) < 4.78 is 0. The van der Waals surface area contributed by atoms with Gasteiger partial charge in [0.1, 0.15) is 10.7 Å². The van der Waals surface area contributed by atoms with Gasteiger partial charge in [-0.3, -0.25) is 9.69 Å². The van der Waals surface area contributed by atoms with Gasteiger partial charge in [0, 0.05) is 10.9 Å². The largest absolute Gasteiger partial charge is 0.309 e. The zero-order valence-corrected chi connectivity index (χ0v) is 13.4. The topological polar surface area (TPSA) is 49.0 Å². The Kier molecular flexibility index (Phi) is 3.15. The summed E-state index contributed by atoms with van der Waals surface area (Å²) in [4.78, 5) is 24.8. The van der Waals surface area contributed by atoms with Crippen LogP contribution in [0.4, 0.5) is 0 Å². The van der Waals surface area contributed by atoms with Crippen LogP contribution in [-0.4, -0.2) is 28.0 Å². The molecular formula is C16H21N3OS. The van der Waals surface area contributed by atoms with Crippen LogP contribution in [0.15, 0.2) is 4.79 Å². The number of aryl methyl sites for hydroxylation is 2. The number of fused-ring (bicyclic) bond motifs is 3. The third kappa shape index (κ3) is 2.32. The van der Waals surface area contributed by atoms with Crippen LogP contribution >= 0.6 is 11.3 Å². The predicted octanol–water partition coefficient (Wildman–Crippen LogP) is 2.70. The molecule has 0 bridgehead atoms. The van der Waals surface area contributed by atoms with Crippen molar-refractivity contribution in [1.29, 1.82) is 0 Å². The van der Waals surface area contributed by atoms with Gasteiger partial charge in [0.15, 0.2) is 0 Å². The maximum absolute atomic E-state index is 12.4. The fourth-order valence-corrected chi connectivity index (χ4v) is 4.72. The van der Waals surface area contributed by atoms with Crippen LogP contribution in [0.1, 0.15) is 42.5 Å². The summed E-state index contributed by atoms with van der Waals surface area (Å²) in [6.45, 7) is 3.00. The molecule has 1 fully saturated rings. The summed E-state index contributed by atoms with van der Waals surface area (Å²) in [5, 5.41) is 0.856. The number of hydrogen-bond acceptors (Lipinski definition) is 4. The van der Waals surface area contributed by atoms with E-state index in [9.17, 15) is 4.79 Å². The van der Waals surface area contributed by atoms with Gasteiger partial charge in [-0.1, -0.05) is 0 Å². The fraction of sp³-hybridized carbons (Fsp3) is 0.625. The Labute approximate surface area is 128 Å². The van der Waals surface area contributed by atoms with Gasteiger partial charge < -0.3 is 4.98 Å². The second-order valence-corrected chi connectivity index (χ2v) is 7.63. The van der Waals surface area contributed by atoms with Gasteiger partial charge in [-0.05, 0) is 57.6 Å². The quantitative estimate of drug-likeness (QED) is 0.945. The summed E-state index contributed by atoms with van der Waals surface area (Å²) in [6.07, 6.45) is 6.01. The van der Waals surface area contributed by atoms with E-state index in [1.807, 2.05) is 0 Å². The lowest BCUT2D eigenvalue weighted by Gasteiger charge is -2.23. The second kappa shape index (κ2) is 4.92. The van der Waals surface area contributed by atoms with Crippen LogP contribution in [0.5, 0.6) is 0 Å². The predicted molar refractivity (Wildman–Crippen MR) is 85.9 cm³/mol. The molecule has 5 heteroatoms. The molecule has 2 heterocycles. The zero-order valence-electron chi connectivity index (χ0n) is 12.6. The van der Waals surface area contributed by atoms with Gasteiger partial charge in [-0.25, -0.2) is 4.98 Å². The molecule has 2 aliphatic carbocycles. The maximum Gasteiger partial charge on any atom is 0.259 e. The third-order valence-corrected chi connectivity index (χ3v) is 6.21. The lowest BCUT2D eigenvalue weighted by atomic mass is 10.2. The highest BCUT2D eigenvalue weighted by Gasteiger charge is 2.30. The van der Waals surface area contributed by atoms with E-state index in [1.165, 1.54) is 29.7 Å². The maximum atomic E-state index is 12.4. The molecule has 2 aliphatic rings. The SMILES string of the molecule is C[C@H](C1CC1)N(C)Cc1nc2sc3c(c2c(=O)[nH]1)CCC3. The minimum absolute atomic E-state index is 0.0573. The Morgan fingerprint density at radius 1 is 1.43 bits per heavy atom. The standard InChI is InChI=1S/C16H21N3OS/c1-9(10-6-7-10)19(2)8-13-17-15(20)14-11-4-3-5-12(11)21-16(14)18-13/h9-10H,3-8H2,1-2H3,(H,17,18,20)/t9-/m1/s1. The van der Waals surface area contributed by atoms with E-state index >= 15 is 0 Å². The molecule has 21 heavy (non-hydrogen) atoms. The molecule has 0 saturated heterocycles. The zero-order chi connectivity index (χ0) is 14.6.